The lowest BCUT2D eigenvalue weighted by Crippen LogP contribution is -2.16. The Kier molecular flexibility index (Phi) is 5.23. The second-order valence-electron chi connectivity index (χ2n) is 6.48. The number of carbonyl (C=O) groups excluding carboxylic acids is 1. The van der Waals surface area contributed by atoms with E-state index in [2.05, 4.69) is 28.2 Å². The van der Waals surface area contributed by atoms with Gasteiger partial charge < -0.3 is 4.57 Å². The van der Waals surface area contributed by atoms with Gasteiger partial charge in [0.2, 0.25) is 0 Å². The maximum atomic E-state index is 12.9. The van der Waals surface area contributed by atoms with Crippen LogP contribution in [0, 0.1) is 20.8 Å². The minimum atomic E-state index is -0.250. The number of pyridine rings is 1. The number of hydrogen-bond donors (Lipinski definition) is 0. The molecule has 2 heterocycles. The van der Waals surface area contributed by atoms with E-state index in [1.807, 2.05) is 50.6 Å². The van der Waals surface area contributed by atoms with Crippen LogP contribution in [-0.2, 0) is 7.05 Å². The average molecular weight is 366 g/mol. The lowest BCUT2D eigenvalue weighted by atomic mass is 9.97. The van der Waals surface area contributed by atoms with Crippen molar-refractivity contribution in [2.45, 2.75) is 38.1 Å². The number of nitrogens with zero attached hydrogens (tertiary/aromatic N) is 4. The standard InChI is InChI=1S/C20H22N4OS/c1-12-9-14(3)17(10-13(12)2)18(25)15(4)26-20-23-22-19(24(20)5)16-7-6-8-21-11-16/h6-11,15H,1-5H3. The Bertz CT molecular complexity index is 950. The minimum Gasteiger partial charge on any atom is -0.305 e. The molecule has 26 heavy (non-hydrogen) atoms. The Labute approximate surface area is 157 Å². The van der Waals surface area contributed by atoms with E-state index in [1.165, 1.54) is 17.3 Å². The van der Waals surface area contributed by atoms with E-state index in [-0.39, 0.29) is 11.0 Å². The average Bonchev–Trinajstić information content (AvgIpc) is 2.99. The van der Waals surface area contributed by atoms with Crippen molar-refractivity contribution < 1.29 is 4.79 Å². The Morgan fingerprint density at radius 3 is 2.54 bits per heavy atom. The summed E-state index contributed by atoms with van der Waals surface area (Å²) in [5.74, 6) is 0.851. The van der Waals surface area contributed by atoms with Crippen molar-refractivity contribution in [1.29, 1.82) is 0 Å². The molecule has 0 aliphatic carbocycles. The largest absolute Gasteiger partial charge is 0.305 e. The van der Waals surface area contributed by atoms with Crippen LogP contribution >= 0.6 is 11.8 Å². The molecule has 3 rings (SSSR count). The zero-order chi connectivity index (χ0) is 18.8. The zero-order valence-corrected chi connectivity index (χ0v) is 16.5. The monoisotopic (exact) mass is 366 g/mol. The van der Waals surface area contributed by atoms with Gasteiger partial charge in [0.1, 0.15) is 0 Å². The Morgan fingerprint density at radius 1 is 1.12 bits per heavy atom. The second-order valence-corrected chi connectivity index (χ2v) is 7.79. The first kappa shape index (κ1) is 18.3. The van der Waals surface area contributed by atoms with Crippen LogP contribution in [0.4, 0.5) is 0 Å². The molecule has 0 amide bonds. The first-order chi connectivity index (χ1) is 12.4. The quantitative estimate of drug-likeness (QED) is 0.501. The van der Waals surface area contributed by atoms with Crippen LogP contribution < -0.4 is 0 Å². The highest BCUT2D eigenvalue weighted by atomic mass is 32.2. The van der Waals surface area contributed by atoms with Gasteiger partial charge in [0.15, 0.2) is 16.8 Å². The molecule has 0 aliphatic rings. The molecule has 1 atom stereocenters. The topological polar surface area (TPSA) is 60.7 Å². The number of thioether (sulfide) groups is 1. The van der Waals surface area contributed by atoms with Gasteiger partial charge in [-0.05, 0) is 62.6 Å². The highest BCUT2D eigenvalue weighted by Crippen LogP contribution is 2.28. The summed E-state index contributed by atoms with van der Waals surface area (Å²) < 4.78 is 1.90. The Morgan fingerprint density at radius 2 is 1.85 bits per heavy atom. The molecule has 5 nitrogen and oxygen atoms in total. The molecule has 2 aromatic heterocycles. The van der Waals surface area contributed by atoms with Gasteiger partial charge in [0.25, 0.3) is 0 Å². The summed E-state index contributed by atoms with van der Waals surface area (Å²) in [6, 6.07) is 7.87. The van der Waals surface area contributed by atoms with Crippen molar-refractivity contribution in [2.75, 3.05) is 0 Å². The fraction of sp³-hybridized carbons (Fsp3) is 0.300. The van der Waals surface area contributed by atoms with Crippen LogP contribution in [0.3, 0.4) is 0 Å². The normalized spacial score (nSPS) is 12.2. The zero-order valence-electron chi connectivity index (χ0n) is 15.6. The van der Waals surface area contributed by atoms with Crippen LogP contribution in [0.2, 0.25) is 0 Å². The van der Waals surface area contributed by atoms with Crippen molar-refractivity contribution in [1.82, 2.24) is 19.7 Å². The predicted octanol–water partition coefficient (Wildman–Crippen LogP) is 4.17. The van der Waals surface area contributed by atoms with E-state index in [0.717, 1.165) is 28.1 Å². The van der Waals surface area contributed by atoms with E-state index < -0.39 is 0 Å². The molecule has 0 spiro atoms. The highest BCUT2D eigenvalue weighted by molar-refractivity contribution is 8.00. The molecule has 134 valence electrons. The molecule has 0 bridgehead atoms. The van der Waals surface area contributed by atoms with Gasteiger partial charge in [-0.15, -0.1) is 10.2 Å². The first-order valence-electron chi connectivity index (χ1n) is 8.47. The molecule has 0 aliphatic heterocycles. The summed E-state index contributed by atoms with van der Waals surface area (Å²) in [7, 11) is 1.91. The number of Topliss-reactive ketones (excluding diaryl/α,β-unsaturated/α-hetero) is 1. The van der Waals surface area contributed by atoms with Crippen LogP contribution in [0.1, 0.15) is 34.0 Å². The van der Waals surface area contributed by atoms with E-state index in [0.29, 0.717) is 5.16 Å². The number of aryl methyl sites for hydroxylation is 3. The third-order valence-corrected chi connectivity index (χ3v) is 5.65. The van der Waals surface area contributed by atoms with Gasteiger partial charge in [-0.25, -0.2) is 0 Å². The fourth-order valence-corrected chi connectivity index (χ4v) is 3.70. The lowest BCUT2D eigenvalue weighted by molar-refractivity contribution is 0.0993. The van der Waals surface area contributed by atoms with Crippen molar-refractivity contribution in [3.63, 3.8) is 0 Å². The van der Waals surface area contributed by atoms with Crippen LogP contribution in [0.5, 0.6) is 0 Å². The molecule has 0 radical (unpaired) electrons. The summed E-state index contributed by atoms with van der Waals surface area (Å²) in [5.41, 5.74) is 5.03. The predicted molar refractivity (Wildman–Crippen MR) is 105 cm³/mol. The van der Waals surface area contributed by atoms with Crippen molar-refractivity contribution in [2.24, 2.45) is 7.05 Å². The Balaban J connectivity index is 1.83. The van der Waals surface area contributed by atoms with Crippen molar-refractivity contribution in [3.05, 3.63) is 58.9 Å². The molecular formula is C20H22N4OS. The number of benzene rings is 1. The molecular weight excluding hydrogens is 344 g/mol. The number of carbonyl (C=O) groups is 1. The summed E-state index contributed by atoms with van der Waals surface area (Å²) >= 11 is 1.43. The molecule has 0 N–H and O–H groups in total. The first-order valence-corrected chi connectivity index (χ1v) is 9.35. The van der Waals surface area contributed by atoms with Crippen LogP contribution in [0.15, 0.2) is 41.8 Å². The van der Waals surface area contributed by atoms with Gasteiger partial charge in [0, 0.05) is 30.6 Å². The van der Waals surface area contributed by atoms with Gasteiger partial charge >= 0.3 is 0 Å². The fourth-order valence-electron chi connectivity index (χ4n) is 2.82. The summed E-state index contributed by atoms with van der Waals surface area (Å²) in [6.07, 6.45) is 3.48. The molecule has 6 heteroatoms. The minimum absolute atomic E-state index is 0.113. The van der Waals surface area contributed by atoms with Gasteiger partial charge in [-0.3, -0.25) is 9.78 Å². The lowest BCUT2D eigenvalue weighted by Gasteiger charge is -2.13. The van der Waals surface area contributed by atoms with E-state index in [4.69, 9.17) is 0 Å². The number of aromatic nitrogens is 4. The highest BCUT2D eigenvalue weighted by Gasteiger charge is 2.22. The SMILES string of the molecule is Cc1cc(C)c(C(=O)C(C)Sc2nnc(-c3cccnc3)n2C)cc1C. The molecule has 1 unspecified atom stereocenters. The maximum absolute atomic E-state index is 12.9. The van der Waals surface area contributed by atoms with E-state index >= 15 is 0 Å². The summed E-state index contributed by atoms with van der Waals surface area (Å²) in [4.78, 5) is 17.1. The molecule has 1 aromatic carbocycles. The number of ketones is 1. The van der Waals surface area contributed by atoms with E-state index in [9.17, 15) is 4.79 Å². The number of hydrogen-bond acceptors (Lipinski definition) is 5. The Hall–Kier alpha value is -2.47. The van der Waals surface area contributed by atoms with Gasteiger partial charge in [0.05, 0.1) is 5.25 Å². The van der Waals surface area contributed by atoms with Crippen LogP contribution in [0.25, 0.3) is 11.4 Å². The summed E-state index contributed by atoms with van der Waals surface area (Å²) in [6.45, 7) is 8.00. The maximum Gasteiger partial charge on any atom is 0.191 e. The molecule has 0 saturated heterocycles. The third-order valence-electron chi connectivity index (χ3n) is 4.51. The third kappa shape index (κ3) is 3.55. The van der Waals surface area contributed by atoms with Crippen molar-refractivity contribution in [3.8, 4) is 11.4 Å². The number of rotatable bonds is 5. The van der Waals surface area contributed by atoms with E-state index in [1.54, 1.807) is 12.4 Å². The summed E-state index contributed by atoms with van der Waals surface area (Å²) in [5, 5.41) is 8.98. The smallest absolute Gasteiger partial charge is 0.191 e. The van der Waals surface area contributed by atoms with Gasteiger partial charge in [-0.1, -0.05) is 17.8 Å². The van der Waals surface area contributed by atoms with Crippen molar-refractivity contribution >= 4 is 17.5 Å². The second kappa shape index (κ2) is 7.41. The van der Waals surface area contributed by atoms with Gasteiger partial charge in [-0.2, -0.15) is 0 Å². The van der Waals surface area contributed by atoms with Crippen LogP contribution in [-0.4, -0.2) is 30.8 Å². The molecule has 3 aromatic rings. The molecule has 0 fully saturated rings. The molecule has 0 saturated carbocycles.